The molecule has 1 amide bonds. The minimum Gasteiger partial charge on any atom is -0.494 e. The van der Waals surface area contributed by atoms with Gasteiger partial charge in [0, 0.05) is 12.3 Å². The summed E-state index contributed by atoms with van der Waals surface area (Å²) in [5.74, 6) is -5.77. The van der Waals surface area contributed by atoms with Crippen molar-refractivity contribution in [2.45, 2.75) is 31.9 Å². The number of rotatable bonds is 8. The Balaban J connectivity index is 1.66. The lowest BCUT2D eigenvalue weighted by Crippen LogP contribution is -2.46. The van der Waals surface area contributed by atoms with E-state index in [1.54, 1.807) is 41.2 Å². The number of nitrogens with zero attached hydrogens (tertiary/aromatic N) is 2. The normalized spacial score (nSPS) is 13.3. The topological polar surface area (TPSA) is 65.4 Å². The van der Waals surface area contributed by atoms with E-state index in [0.717, 1.165) is 0 Å². The molecule has 188 valence electrons. The van der Waals surface area contributed by atoms with Crippen LogP contribution in [0, 0.1) is 11.6 Å². The number of alkyl halides is 2. The van der Waals surface area contributed by atoms with Crippen LogP contribution in [0.1, 0.15) is 25.5 Å². The molecular formula is C26H23F4N3O3. The molecule has 0 aliphatic rings. The number of hydrogen-bond donors (Lipinski definition) is 1. The van der Waals surface area contributed by atoms with Gasteiger partial charge >= 0.3 is 5.92 Å². The summed E-state index contributed by atoms with van der Waals surface area (Å²) in [5, 5.41) is 7.27. The SMILES string of the molecule is COc1ccc(C(Oc2ccc3c(cnn3-c3ccc(F)cc3)c2)C(C)NC(=O)C(C)(F)F)cc1F. The van der Waals surface area contributed by atoms with Gasteiger partial charge in [0.05, 0.1) is 30.6 Å². The van der Waals surface area contributed by atoms with Gasteiger partial charge in [-0.3, -0.25) is 4.79 Å². The van der Waals surface area contributed by atoms with Crippen molar-refractivity contribution in [1.29, 1.82) is 0 Å². The number of carbonyl (C=O) groups is 1. The molecule has 6 nitrogen and oxygen atoms in total. The summed E-state index contributed by atoms with van der Waals surface area (Å²) in [6.07, 6.45) is 0.581. The highest BCUT2D eigenvalue weighted by Crippen LogP contribution is 2.31. The number of methoxy groups -OCH3 is 1. The fourth-order valence-corrected chi connectivity index (χ4v) is 3.75. The van der Waals surface area contributed by atoms with Crippen LogP contribution >= 0.6 is 0 Å². The zero-order valence-electron chi connectivity index (χ0n) is 19.6. The molecule has 0 radical (unpaired) electrons. The van der Waals surface area contributed by atoms with E-state index < -0.39 is 29.8 Å². The number of benzene rings is 3. The van der Waals surface area contributed by atoms with E-state index in [9.17, 15) is 22.4 Å². The molecule has 0 aliphatic carbocycles. The van der Waals surface area contributed by atoms with Crippen LogP contribution < -0.4 is 14.8 Å². The predicted molar refractivity (Wildman–Crippen MR) is 126 cm³/mol. The summed E-state index contributed by atoms with van der Waals surface area (Å²) < 4.78 is 67.4. The van der Waals surface area contributed by atoms with Gasteiger partial charge in [-0.25, -0.2) is 13.5 Å². The molecule has 1 heterocycles. The maximum Gasteiger partial charge on any atom is 0.321 e. The first kappa shape index (κ1) is 25.0. The molecule has 0 bridgehead atoms. The molecule has 3 aromatic carbocycles. The second kappa shape index (κ2) is 9.88. The molecular weight excluding hydrogens is 478 g/mol. The van der Waals surface area contributed by atoms with Gasteiger partial charge in [0.15, 0.2) is 11.6 Å². The first-order valence-electron chi connectivity index (χ1n) is 11.0. The van der Waals surface area contributed by atoms with Gasteiger partial charge in [-0.1, -0.05) is 6.07 Å². The van der Waals surface area contributed by atoms with Crippen LogP contribution in [0.4, 0.5) is 17.6 Å². The molecule has 4 rings (SSSR count). The van der Waals surface area contributed by atoms with Gasteiger partial charge in [0.25, 0.3) is 5.91 Å². The van der Waals surface area contributed by atoms with E-state index in [2.05, 4.69) is 10.4 Å². The molecule has 2 unspecified atom stereocenters. The molecule has 1 N–H and O–H groups in total. The van der Waals surface area contributed by atoms with E-state index in [-0.39, 0.29) is 11.6 Å². The minimum absolute atomic E-state index is 0.00362. The lowest BCUT2D eigenvalue weighted by molar-refractivity contribution is -0.144. The number of fused-ring (bicyclic) bond motifs is 1. The largest absolute Gasteiger partial charge is 0.494 e. The second-order valence-corrected chi connectivity index (χ2v) is 8.34. The Morgan fingerprint density at radius 1 is 1.06 bits per heavy atom. The monoisotopic (exact) mass is 501 g/mol. The first-order chi connectivity index (χ1) is 17.1. The number of amides is 1. The zero-order chi connectivity index (χ0) is 26.0. The number of ether oxygens (including phenoxy) is 2. The molecule has 36 heavy (non-hydrogen) atoms. The van der Waals surface area contributed by atoms with Crippen LogP contribution in [-0.4, -0.2) is 34.8 Å². The molecule has 0 fully saturated rings. The number of carbonyl (C=O) groups excluding carboxylic acids is 1. The van der Waals surface area contributed by atoms with Crippen molar-refractivity contribution >= 4 is 16.8 Å². The Bertz CT molecular complexity index is 1380. The Hall–Kier alpha value is -4.08. The molecule has 10 heteroatoms. The number of halogens is 4. The first-order valence-corrected chi connectivity index (χ1v) is 11.0. The lowest BCUT2D eigenvalue weighted by atomic mass is 10.0. The number of nitrogens with one attached hydrogen (secondary N) is 1. The van der Waals surface area contributed by atoms with Crippen LogP contribution in [0.5, 0.6) is 11.5 Å². The maximum atomic E-state index is 14.4. The Kier molecular flexibility index (Phi) is 6.87. The van der Waals surface area contributed by atoms with Crippen LogP contribution in [0.3, 0.4) is 0 Å². The summed E-state index contributed by atoms with van der Waals surface area (Å²) in [6.45, 7) is 1.98. The average molecular weight is 501 g/mol. The highest BCUT2D eigenvalue weighted by atomic mass is 19.3. The number of hydrogen-bond acceptors (Lipinski definition) is 4. The van der Waals surface area contributed by atoms with E-state index >= 15 is 0 Å². The third-order valence-corrected chi connectivity index (χ3v) is 5.59. The van der Waals surface area contributed by atoms with Crippen LogP contribution in [0.25, 0.3) is 16.6 Å². The third kappa shape index (κ3) is 5.27. The Morgan fingerprint density at radius 2 is 1.78 bits per heavy atom. The van der Waals surface area contributed by atoms with E-state index in [1.807, 2.05) is 0 Å². The summed E-state index contributed by atoms with van der Waals surface area (Å²) in [5.41, 5.74) is 1.68. The Morgan fingerprint density at radius 3 is 2.42 bits per heavy atom. The zero-order valence-corrected chi connectivity index (χ0v) is 19.6. The van der Waals surface area contributed by atoms with Crippen molar-refractivity contribution in [1.82, 2.24) is 15.1 Å². The molecule has 1 aromatic heterocycles. The fourth-order valence-electron chi connectivity index (χ4n) is 3.75. The van der Waals surface area contributed by atoms with Gasteiger partial charge < -0.3 is 14.8 Å². The van der Waals surface area contributed by atoms with Crippen molar-refractivity contribution in [2.75, 3.05) is 7.11 Å². The highest BCUT2D eigenvalue weighted by molar-refractivity contribution is 5.83. The van der Waals surface area contributed by atoms with Crippen LogP contribution in [-0.2, 0) is 4.79 Å². The fraction of sp³-hybridized carbons (Fsp3) is 0.231. The third-order valence-electron chi connectivity index (χ3n) is 5.59. The molecule has 0 spiro atoms. The lowest BCUT2D eigenvalue weighted by Gasteiger charge is -2.27. The standard InChI is InChI=1S/C26H23F4N3O3/c1-15(32-25(34)26(2,29)30)24(16-4-11-23(35-3)21(28)13-16)36-20-9-10-22-17(12-20)14-31-33(22)19-7-5-18(27)6-8-19/h4-15,24H,1-3H3,(H,32,34). The quantitative estimate of drug-likeness (QED) is 0.320. The number of aromatic nitrogens is 2. The van der Waals surface area contributed by atoms with Crippen LogP contribution in [0.15, 0.2) is 66.9 Å². The van der Waals surface area contributed by atoms with E-state index in [4.69, 9.17) is 9.47 Å². The van der Waals surface area contributed by atoms with Crippen molar-refractivity contribution in [2.24, 2.45) is 0 Å². The van der Waals surface area contributed by atoms with E-state index in [1.165, 1.54) is 44.4 Å². The molecule has 0 aliphatic heterocycles. The van der Waals surface area contributed by atoms with Gasteiger partial charge in [0.1, 0.15) is 17.7 Å². The van der Waals surface area contributed by atoms with Crippen molar-refractivity contribution in [3.63, 3.8) is 0 Å². The van der Waals surface area contributed by atoms with Gasteiger partial charge in [0.2, 0.25) is 0 Å². The van der Waals surface area contributed by atoms with Crippen molar-refractivity contribution < 1.29 is 31.8 Å². The summed E-state index contributed by atoms with van der Waals surface area (Å²) in [4.78, 5) is 11.9. The minimum atomic E-state index is -3.60. The molecule has 0 saturated heterocycles. The average Bonchev–Trinajstić information content (AvgIpc) is 3.25. The summed E-state index contributed by atoms with van der Waals surface area (Å²) in [7, 11) is 1.32. The molecule has 2 atom stereocenters. The Labute approximate surface area is 204 Å². The second-order valence-electron chi connectivity index (χ2n) is 8.34. The molecule has 0 saturated carbocycles. The predicted octanol–water partition coefficient (Wildman–Crippen LogP) is 5.59. The summed E-state index contributed by atoms with van der Waals surface area (Å²) in [6, 6.07) is 14.0. The van der Waals surface area contributed by atoms with Crippen molar-refractivity contribution in [3.8, 4) is 17.2 Å². The maximum absolute atomic E-state index is 14.4. The van der Waals surface area contributed by atoms with Gasteiger partial charge in [-0.15, -0.1) is 0 Å². The van der Waals surface area contributed by atoms with Crippen LogP contribution in [0.2, 0.25) is 0 Å². The molecule has 4 aromatic rings. The van der Waals surface area contributed by atoms with E-state index in [0.29, 0.717) is 34.8 Å². The smallest absolute Gasteiger partial charge is 0.321 e. The van der Waals surface area contributed by atoms with Gasteiger partial charge in [-0.2, -0.15) is 13.9 Å². The van der Waals surface area contributed by atoms with Gasteiger partial charge in [-0.05, 0) is 67.1 Å². The highest BCUT2D eigenvalue weighted by Gasteiger charge is 2.35. The summed E-state index contributed by atoms with van der Waals surface area (Å²) >= 11 is 0. The van der Waals surface area contributed by atoms with Crippen molar-refractivity contribution in [3.05, 3.63) is 84.1 Å².